The van der Waals surface area contributed by atoms with Crippen molar-refractivity contribution in [3.63, 3.8) is 0 Å². The molecule has 1 aliphatic heterocycles. The van der Waals surface area contributed by atoms with Crippen LogP contribution < -0.4 is 4.74 Å². The van der Waals surface area contributed by atoms with Crippen molar-refractivity contribution in [3.05, 3.63) is 77.9 Å². The Morgan fingerprint density at radius 3 is 2.55 bits per heavy atom. The van der Waals surface area contributed by atoms with Crippen LogP contribution in [0.1, 0.15) is 11.1 Å². The molecule has 0 radical (unpaired) electrons. The fourth-order valence-electron chi connectivity index (χ4n) is 3.05. The van der Waals surface area contributed by atoms with Crippen LogP contribution in [0, 0.1) is 0 Å². The van der Waals surface area contributed by atoms with E-state index in [1.165, 1.54) is 0 Å². The van der Waals surface area contributed by atoms with E-state index in [1.54, 1.807) is 24.3 Å². The third-order valence-electron chi connectivity index (χ3n) is 4.15. The molecule has 0 saturated heterocycles. The van der Waals surface area contributed by atoms with Gasteiger partial charge in [0.1, 0.15) is 5.75 Å². The summed E-state index contributed by atoms with van der Waals surface area (Å²) in [4.78, 5) is 12.1. The minimum Gasteiger partial charge on any atom is -0.423 e. The number of ether oxygens (including phenoxy) is 1. The summed E-state index contributed by atoms with van der Waals surface area (Å²) >= 11 is 0. The monoisotopic (exact) mass is 292 g/mol. The van der Waals surface area contributed by atoms with Crippen molar-refractivity contribution in [3.8, 4) is 5.75 Å². The maximum atomic E-state index is 15.4. The van der Waals surface area contributed by atoms with Gasteiger partial charge in [0.15, 0.2) is 0 Å². The Bertz CT molecular complexity index is 882. The Labute approximate surface area is 127 Å². The highest BCUT2D eigenvalue weighted by Gasteiger charge is 2.50. The molecule has 0 aliphatic carbocycles. The van der Waals surface area contributed by atoms with Gasteiger partial charge in [-0.3, -0.25) is 0 Å². The summed E-state index contributed by atoms with van der Waals surface area (Å²) < 4.78 is 20.5. The van der Waals surface area contributed by atoms with Crippen LogP contribution in [-0.2, 0) is 16.9 Å². The number of hydrogen-bond donors (Lipinski definition) is 0. The third-order valence-corrected chi connectivity index (χ3v) is 4.15. The molecule has 1 aliphatic rings. The second-order valence-corrected chi connectivity index (χ2v) is 5.50. The maximum absolute atomic E-state index is 15.4. The molecule has 1 atom stereocenters. The van der Waals surface area contributed by atoms with Gasteiger partial charge in [-0.05, 0) is 22.4 Å². The smallest absolute Gasteiger partial charge is 0.354 e. The molecule has 0 aromatic heterocycles. The molecule has 108 valence electrons. The molecular formula is C19H13FO2. The van der Waals surface area contributed by atoms with E-state index in [0.29, 0.717) is 11.3 Å². The summed E-state index contributed by atoms with van der Waals surface area (Å²) in [5.74, 6) is -0.517. The molecule has 0 N–H and O–H groups in total. The number of para-hydroxylation sites is 1. The standard InChI is InChI=1S/C19H13FO2/c20-19(16-10-3-4-11-17(16)22-18(19)21)12-14-8-5-7-13-6-1-2-9-15(13)14/h1-11H,12H2/t19-/m1/s1. The molecule has 1 heterocycles. The third kappa shape index (κ3) is 1.82. The Morgan fingerprint density at radius 1 is 0.909 bits per heavy atom. The average Bonchev–Trinajstić information content (AvgIpc) is 2.79. The van der Waals surface area contributed by atoms with Crippen molar-refractivity contribution < 1.29 is 13.9 Å². The summed E-state index contributed by atoms with van der Waals surface area (Å²) in [7, 11) is 0. The van der Waals surface area contributed by atoms with Gasteiger partial charge in [-0.1, -0.05) is 60.7 Å². The van der Waals surface area contributed by atoms with E-state index < -0.39 is 11.6 Å². The number of hydrogen-bond acceptors (Lipinski definition) is 2. The van der Waals surface area contributed by atoms with E-state index in [2.05, 4.69) is 0 Å². The second-order valence-electron chi connectivity index (χ2n) is 5.50. The normalized spacial score (nSPS) is 20.0. The van der Waals surface area contributed by atoms with Crippen LogP contribution in [0.4, 0.5) is 4.39 Å². The van der Waals surface area contributed by atoms with Gasteiger partial charge in [0.05, 0.1) is 0 Å². The summed E-state index contributed by atoms with van der Waals surface area (Å²) in [5.41, 5.74) is -1.01. The number of rotatable bonds is 2. The Hall–Kier alpha value is -2.68. The zero-order chi connectivity index (χ0) is 15.2. The lowest BCUT2D eigenvalue weighted by atomic mass is 9.88. The Morgan fingerprint density at radius 2 is 1.64 bits per heavy atom. The van der Waals surface area contributed by atoms with Crippen LogP contribution in [0.2, 0.25) is 0 Å². The van der Waals surface area contributed by atoms with Gasteiger partial charge < -0.3 is 4.74 Å². The Kier molecular flexibility index (Phi) is 2.76. The SMILES string of the molecule is O=C1Oc2ccccc2[C@]1(F)Cc1cccc2ccccc12. The average molecular weight is 292 g/mol. The number of alkyl halides is 1. The van der Waals surface area contributed by atoms with E-state index >= 15 is 4.39 Å². The zero-order valence-electron chi connectivity index (χ0n) is 11.8. The van der Waals surface area contributed by atoms with Crippen LogP contribution in [0.15, 0.2) is 66.7 Å². The van der Waals surface area contributed by atoms with Gasteiger partial charge in [0.25, 0.3) is 0 Å². The van der Waals surface area contributed by atoms with E-state index in [4.69, 9.17) is 4.74 Å². The first kappa shape index (κ1) is 13.0. The topological polar surface area (TPSA) is 26.3 Å². The molecule has 3 aromatic rings. The minimum absolute atomic E-state index is 0.0236. The molecule has 22 heavy (non-hydrogen) atoms. The fraction of sp³-hybridized carbons (Fsp3) is 0.105. The fourth-order valence-corrected chi connectivity index (χ4v) is 3.05. The first-order valence-corrected chi connectivity index (χ1v) is 7.16. The highest BCUT2D eigenvalue weighted by molar-refractivity contribution is 5.91. The molecule has 0 fully saturated rings. The van der Waals surface area contributed by atoms with Crippen LogP contribution in [0.5, 0.6) is 5.75 Å². The maximum Gasteiger partial charge on any atom is 0.354 e. The van der Waals surface area contributed by atoms with Gasteiger partial charge in [-0.25, -0.2) is 9.18 Å². The van der Waals surface area contributed by atoms with E-state index in [-0.39, 0.29) is 6.42 Å². The van der Waals surface area contributed by atoms with Gasteiger partial charge >= 0.3 is 5.97 Å². The van der Waals surface area contributed by atoms with Gasteiger partial charge in [-0.15, -0.1) is 0 Å². The van der Waals surface area contributed by atoms with Crippen molar-refractivity contribution in [2.45, 2.75) is 12.1 Å². The molecule has 0 bridgehead atoms. The molecular weight excluding hydrogens is 279 g/mol. The van der Waals surface area contributed by atoms with Crippen LogP contribution in [0.25, 0.3) is 10.8 Å². The second kappa shape index (κ2) is 4.67. The quantitative estimate of drug-likeness (QED) is 0.523. The zero-order valence-corrected chi connectivity index (χ0v) is 11.8. The molecule has 0 amide bonds. The summed E-state index contributed by atoms with van der Waals surface area (Å²) in [6, 6.07) is 20.2. The number of fused-ring (bicyclic) bond motifs is 2. The lowest BCUT2D eigenvalue weighted by Gasteiger charge is -2.17. The number of carbonyl (C=O) groups is 1. The molecule has 0 spiro atoms. The van der Waals surface area contributed by atoms with Crippen molar-refractivity contribution in [2.75, 3.05) is 0 Å². The molecule has 2 nitrogen and oxygen atoms in total. The predicted molar refractivity (Wildman–Crippen MR) is 82.5 cm³/mol. The number of benzene rings is 3. The Balaban J connectivity index is 1.84. The first-order chi connectivity index (χ1) is 10.7. The van der Waals surface area contributed by atoms with Crippen LogP contribution in [-0.4, -0.2) is 5.97 Å². The largest absolute Gasteiger partial charge is 0.423 e. The number of esters is 1. The first-order valence-electron chi connectivity index (χ1n) is 7.16. The predicted octanol–water partition coefficient (Wildman–Crippen LogP) is 4.17. The van der Waals surface area contributed by atoms with Crippen molar-refractivity contribution in [2.24, 2.45) is 0 Å². The number of halogens is 1. The van der Waals surface area contributed by atoms with Gasteiger partial charge in [0, 0.05) is 12.0 Å². The minimum atomic E-state index is -2.12. The van der Waals surface area contributed by atoms with Crippen molar-refractivity contribution >= 4 is 16.7 Å². The highest BCUT2D eigenvalue weighted by atomic mass is 19.1. The summed E-state index contributed by atoms with van der Waals surface area (Å²) in [5, 5.41) is 1.99. The van der Waals surface area contributed by atoms with E-state index in [9.17, 15) is 4.79 Å². The van der Waals surface area contributed by atoms with Gasteiger partial charge in [0.2, 0.25) is 5.67 Å². The lowest BCUT2D eigenvalue weighted by molar-refractivity contribution is -0.144. The summed E-state index contributed by atoms with van der Waals surface area (Å²) in [6.07, 6.45) is -0.0236. The molecule has 4 rings (SSSR count). The molecule has 0 saturated carbocycles. The van der Waals surface area contributed by atoms with Crippen LogP contribution in [0.3, 0.4) is 0 Å². The number of carbonyl (C=O) groups excluding carboxylic acids is 1. The van der Waals surface area contributed by atoms with Crippen molar-refractivity contribution in [1.82, 2.24) is 0 Å². The molecule has 3 aromatic carbocycles. The van der Waals surface area contributed by atoms with E-state index in [0.717, 1.165) is 16.3 Å². The highest BCUT2D eigenvalue weighted by Crippen LogP contribution is 2.43. The molecule has 3 heteroatoms. The lowest BCUT2D eigenvalue weighted by Crippen LogP contribution is -2.31. The molecule has 0 unspecified atom stereocenters. The van der Waals surface area contributed by atoms with E-state index in [1.807, 2.05) is 42.5 Å². The van der Waals surface area contributed by atoms with Gasteiger partial charge in [-0.2, -0.15) is 0 Å². The van der Waals surface area contributed by atoms with Crippen molar-refractivity contribution in [1.29, 1.82) is 0 Å². The van der Waals surface area contributed by atoms with Crippen LogP contribution >= 0.6 is 0 Å². The summed E-state index contributed by atoms with van der Waals surface area (Å²) in [6.45, 7) is 0.